The van der Waals surface area contributed by atoms with Crippen LogP contribution in [0.2, 0.25) is 0 Å². The largest absolute Gasteiger partial charge is 0.463 e. The summed E-state index contributed by atoms with van der Waals surface area (Å²) < 4.78 is 5.25. The normalized spacial score (nSPS) is 32.0. The second kappa shape index (κ2) is 4.75. The molecule has 0 radical (unpaired) electrons. The summed E-state index contributed by atoms with van der Waals surface area (Å²) in [6.45, 7) is 2.54. The zero-order valence-corrected chi connectivity index (χ0v) is 8.42. The molecule has 2 aliphatic rings. The van der Waals surface area contributed by atoms with Crippen LogP contribution in [-0.4, -0.2) is 37.7 Å². The maximum Gasteiger partial charge on any atom is 0.323 e. The van der Waals surface area contributed by atoms with E-state index in [1.165, 1.54) is 6.42 Å². The smallest absolute Gasteiger partial charge is 0.323 e. The molecule has 4 heteroatoms. The van der Waals surface area contributed by atoms with E-state index >= 15 is 0 Å². The second-order valence-corrected chi connectivity index (χ2v) is 4.07. The van der Waals surface area contributed by atoms with E-state index in [0.29, 0.717) is 12.6 Å². The molecule has 80 valence electrons. The molecular weight excluding hydrogens is 180 g/mol. The Morgan fingerprint density at radius 1 is 1.21 bits per heavy atom. The molecule has 2 fully saturated rings. The van der Waals surface area contributed by atoms with E-state index in [-0.39, 0.29) is 12.0 Å². The molecule has 1 unspecified atom stereocenters. The van der Waals surface area contributed by atoms with Crippen molar-refractivity contribution in [2.24, 2.45) is 0 Å². The van der Waals surface area contributed by atoms with Crippen LogP contribution >= 0.6 is 0 Å². The third kappa shape index (κ3) is 2.45. The van der Waals surface area contributed by atoms with Crippen molar-refractivity contribution in [2.75, 3.05) is 19.7 Å². The Morgan fingerprint density at radius 3 is 2.64 bits per heavy atom. The van der Waals surface area contributed by atoms with Gasteiger partial charge in [-0.25, -0.2) is 0 Å². The summed E-state index contributed by atoms with van der Waals surface area (Å²) in [6.07, 6.45) is 4.34. The van der Waals surface area contributed by atoms with Crippen LogP contribution in [0.3, 0.4) is 0 Å². The number of nitrogens with one attached hydrogen (secondary N) is 2. The van der Waals surface area contributed by atoms with Gasteiger partial charge in [0, 0.05) is 6.04 Å². The van der Waals surface area contributed by atoms with E-state index in [1.807, 2.05) is 0 Å². The van der Waals surface area contributed by atoms with Crippen molar-refractivity contribution in [2.45, 2.75) is 37.8 Å². The van der Waals surface area contributed by atoms with Crippen molar-refractivity contribution >= 4 is 5.97 Å². The van der Waals surface area contributed by atoms with Gasteiger partial charge in [0.2, 0.25) is 0 Å². The highest BCUT2D eigenvalue weighted by Crippen LogP contribution is 2.09. The molecule has 14 heavy (non-hydrogen) atoms. The summed E-state index contributed by atoms with van der Waals surface area (Å²) in [5.74, 6) is -0.0730. The number of esters is 1. The third-order valence-electron chi connectivity index (χ3n) is 2.93. The van der Waals surface area contributed by atoms with E-state index < -0.39 is 0 Å². The molecule has 2 atom stereocenters. The first-order valence-corrected chi connectivity index (χ1v) is 5.49. The van der Waals surface area contributed by atoms with Crippen LogP contribution in [0.25, 0.3) is 0 Å². The standard InChI is InChI=1S/C10H18N2O2/c13-10(9-4-2-6-12-9)14-7-8-3-1-5-11-8/h8-9,11-12H,1-7H2/t8?,9-/m0/s1. The average molecular weight is 198 g/mol. The van der Waals surface area contributed by atoms with E-state index in [1.54, 1.807) is 0 Å². The Bertz CT molecular complexity index is 196. The number of carbonyl (C=O) groups excluding carboxylic acids is 1. The van der Waals surface area contributed by atoms with Crippen LogP contribution < -0.4 is 10.6 Å². The molecule has 0 spiro atoms. The summed E-state index contributed by atoms with van der Waals surface area (Å²) in [5, 5.41) is 6.44. The van der Waals surface area contributed by atoms with Gasteiger partial charge in [-0.1, -0.05) is 0 Å². The van der Waals surface area contributed by atoms with Gasteiger partial charge in [0.15, 0.2) is 0 Å². The predicted molar refractivity (Wildman–Crippen MR) is 53.0 cm³/mol. The van der Waals surface area contributed by atoms with Gasteiger partial charge in [-0.3, -0.25) is 4.79 Å². The zero-order valence-electron chi connectivity index (χ0n) is 8.42. The topological polar surface area (TPSA) is 50.4 Å². The van der Waals surface area contributed by atoms with Crippen molar-refractivity contribution in [3.05, 3.63) is 0 Å². The van der Waals surface area contributed by atoms with Crippen LogP contribution in [0.1, 0.15) is 25.7 Å². The minimum Gasteiger partial charge on any atom is -0.463 e. The Balaban J connectivity index is 1.66. The Labute approximate surface area is 84.4 Å². The van der Waals surface area contributed by atoms with Crippen molar-refractivity contribution in [1.29, 1.82) is 0 Å². The first-order valence-electron chi connectivity index (χ1n) is 5.49. The first kappa shape index (κ1) is 9.93. The molecule has 2 aliphatic heterocycles. The van der Waals surface area contributed by atoms with Crippen LogP contribution in [0.4, 0.5) is 0 Å². The van der Waals surface area contributed by atoms with Gasteiger partial charge in [-0.2, -0.15) is 0 Å². The lowest BCUT2D eigenvalue weighted by Gasteiger charge is -2.13. The molecule has 0 bridgehead atoms. The predicted octanol–water partition coefficient (Wildman–Crippen LogP) is 0.0336. The lowest BCUT2D eigenvalue weighted by atomic mass is 10.2. The van der Waals surface area contributed by atoms with Crippen molar-refractivity contribution < 1.29 is 9.53 Å². The molecule has 0 aromatic rings. The fourth-order valence-corrected chi connectivity index (χ4v) is 2.07. The highest BCUT2D eigenvalue weighted by molar-refractivity contribution is 5.76. The van der Waals surface area contributed by atoms with Gasteiger partial charge in [0.05, 0.1) is 0 Å². The summed E-state index contributed by atoms with van der Waals surface area (Å²) in [7, 11) is 0. The average Bonchev–Trinajstić information content (AvgIpc) is 2.87. The summed E-state index contributed by atoms with van der Waals surface area (Å²) in [6, 6.07) is 0.344. The number of hydrogen-bond donors (Lipinski definition) is 2. The zero-order chi connectivity index (χ0) is 9.80. The van der Waals surface area contributed by atoms with Crippen molar-refractivity contribution in [3.8, 4) is 0 Å². The quantitative estimate of drug-likeness (QED) is 0.628. The van der Waals surface area contributed by atoms with Gasteiger partial charge >= 0.3 is 5.97 Å². The van der Waals surface area contributed by atoms with Gasteiger partial charge in [0.1, 0.15) is 12.6 Å². The molecule has 2 N–H and O–H groups in total. The number of rotatable bonds is 3. The molecule has 2 saturated heterocycles. The van der Waals surface area contributed by atoms with Crippen LogP contribution in [0.15, 0.2) is 0 Å². The Morgan fingerprint density at radius 2 is 2.00 bits per heavy atom. The summed E-state index contributed by atoms with van der Waals surface area (Å²) >= 11 is 0. The summed E-state index contributed by atoms with van der Waals surface area (Å²) in [5.41, 5.74) is 0. The fourth-order valence-electron chi connectivity index (χ4n) is 2.07. The summed E-state index contributed by atoms with van der Waals surface area (Å²) in [4.78, 5) is 11.5. The van der Waals surface area contributed by atoms with Gasteiger partial charge in [-0.05, 0) is 38.8 Å². The van der Waals surface area contributed by atoms with E-state index in [9.17, 15) is 4.79 Å². The monoisotopic (exact) mass is 198 g/mol. The third-order valence-corrected chi connectivity index (χ3v) is 2.93. The molecule has 2 heterocycles. The van der Waals surface area contributed by atoms with E-state index in [0.717, 1.165) is 32.4 Å². The minimum absolute atomic E-state index is 0.0450. The molecule has 4 nitrogen and oxygen atoms in total. The van der Waals surface area contributed by atoms with Crippen molar-refractivity contribution in [3.63, 3.8) is 0 Å². The molecule has 2 rings (SSSR count). The molecule has 0 aromatic heterocycles. The highest BCUT2D eigenvalue weighted by atomic mass is 16.5. The molecular formula is C10H18N2O2. The van der Waals surface area contributed by atoms with E-state index in [2.05, 4.69) is 10.6 Å². The second-order valence-electron chi connectivity index (χ2n) is 4.07. The van der Waals surface area contributed by atoms with Crippen LogP contribution in [-0.2, 0) is 9.53 Å². The lowest BCUT2D eigenvalue weighted by Crippen LogP contribution is -2.36. The maximum absolute atomic E-state index is 11.5. The van der Waals surface area contributed by atoms with Crippen LogP contribution in [0.5, 0.6) is 0 Å². The fraction of sp³-hybridized carbons (Fsp3) is 0.900. The van der Waals surface area contributed by atoms with Crippen LogP contribution in [0, 0.1) is 0 Å². The van der Waals surface area contributed by atoms with Crippen molar-refractivity contribution in [1.82, 2.24) is 10.6 Å². The Kier molecular flexibility index (Phi) is 3.37. The lowest BCUT2D eigenvalue weighted by molar-refractivity contribution is -0.146. The number of ether oxygens (including phenoxy) is 1. The molecule has 0 amide bonds. The molecule has 0 aliphatic carbocycles. The number of carbonyl (C=O) groups is 1. The molecule has 0 saturated carbocycles. The SMILES string of the molecule is O=C(OCC1CCCN1)[C@@H]1CCCN1. The number of hydrogen-bond acceptors (Lipinski definition) is 4. The molecule has 0 aromatic carbocycles. The highest BCUT2D eigenvalue weighted by Gasteiger charge is 2.24. The van der Waals surface area contributed by atoms with Gasteiger partial charge in [0.25, 0.3) is 0 Å². The Hall–Kier alpha value is -0.610. The minimum atomic E-state index is -0.0730. The van der Waals surface area contributed by atoms with E-state index in [4.69, 9.17) is 4.74 Å². The maximum atomic E-state index is 11.5. The first-order chi connectivity index (χ1) is 6.86. The van der Waals surface area contributed by atoms with Gasteiger partial charge < -0.3 is 15.4 Å². The van der Waals surface area contributed by atoms with Gasteiger partial charge in [-0.15, -0.1) is 0 Å².